The largest absolute Gasteiger partial charge is 0.0621 e. The zero-order valence-electron chi connectivity index (χ0n) is 6.31. The fourth-order valence-electron chi connectivity index (χ4n) is 1.48. The van der Waals surface area contributed by atoms with Gasteiger partial charge in [-0.3, -0.25) is 0 Å². The van der Waals surface area contributed by atoms with Gasteiger partial charge in [-0.05, 0) is 10.4 Å². The smallest absolute Gasteiger partial charge is 0.0262 e. The molecule has 1 aliphatic rings. The molecule has 2 heteroatoms. The van der Waals surface area contributed by atoms with Gasteiger partial charge in [0, 0.05) is 15.8 Å². The van der Waals surface area contributed by atoms with Gasteiger partial charge in [-0.15, -0.1) is 0 Å². The number of rotatable bonds is 0. The molecule has 1 heterocycles. The standard InChI is InChI=1S/C8H10Si2/c1-9-7-5-3-4-6-8(7)10(9)2/h3-6H,1-2H3. The predicted molar refractivity (Wildman–Crippen MR) is 48.9 cm³/mol. The minimum Gasteiger partial charge on any atom is -0.0621 e. The molecule has 0 bridgehead atoms. The van der Waals surface area contributed by atoms with Crippen LogP contribution in [0.3, 0.4) is 0 Å². The summed E-state index contributed by atoms with van der Waals surface area (Å²) in [6.45, 7) is 4.89. The molecule has 0 saturated carbocycles. The molecule has 0 unspecified atom stereocenters. The van der Waals surface area contributed by atoms with E-state index in [0.29, 0.717) is 0 Å². The Morgan fingerprint density at radius 3 is 1.70 bits per heavy atom. The van der Waals surface area contributed by atoms with Crippen molar-refractivity contribution in [3.8, 4) is 0 Å². The first-order valence-electron chi connectivity index (χ1n) is 3.58. The summed E-state index contributed by atoms with van der Waals surface area (Å²) in [4.78, 5) is 0. The van der Waals surface area contributed by atoms with Crippen LogP contribution in [0.15, 0.2) is 24.3 Å². The molecular weight excluding hydrogens is 152 g/mol. The number of hydrogen-bond acceptors (Lipinski definition) is 0. The molecule has 1 aromatic rings. The average Bonchev–Trinajstić information content (AvgIpc) is 2.03. The third-order valence-corrected chi connectivity index (χ3v) is 11.2. The Balaban J connectivity index is 2.62. The van der Waals surface area contributed by atoms with E-state index < -0.39 is 0 Å². The van der Waals surface area contributed by atoms with Crippen LogP contribution < -0.4 is 10.4 Å². The molecular formula is C8H10Si2. The van der Waals surface area contributed by atoms with Crippen LogP contribution in [-0.4, -0.2) is 15.8 Å². The van der Waals surface area contributed by atoms with Gasteiger partial charge >= 0.3 is 0 Å². The van der Waals surface area contributed by atoms with Crippen molar-refractivity contribution < 1.29 is 0 Å². The van der Waals surface area contributed by atoms with Crippen LogP contribution in [0.2, 0.25) is 13.1 Å². The Kier molecular flexibility index (Phi) is 1.32. The zero-order chi connectivity index (χ0) is 7.14. The normalized spacial score (nSPS) is 14.6. The van der Waals surface area contributed by atoms with Crippen LogP contribution in [0.25, 0.3) is 0 Å². The molecule has 50 valence electrons. The molecule has 0 aromatic heterocycles. The number of benzene rings is 1. The zero-order valence-corrected chi connectivity index (χ0v) is 8.31. The molecule has 1 aliphatic heterocycles. The summed E-state index contributed by atoms with van der Waals surface area (Å²) in [5, 5.41) is 3.40. The molecule has 0 aliphatic carbocycles. The molecule has 0 fully saturated rings. The molecule has 0 N–H and O–H groups in total. The monoisotopic (exact) mass is 162 g/mol. The lowest BCUT2D eigenvalue weighted by atomic mass is 10.4. The van der Waals surface area contributed by atoms with Crippen LogP contribution in [0.4, 0.5) is 0 Å². The highest BCUT2D eigenvalue weighted by molar-refractivity contribution is 7.16. The van der Waals surface area contributed by atoms with E-state index in [1.807, 2.05) is 0 Å². The number of fused-ring (bicyclic) bond motifs is 1. The van der Waals surface area contributed by atoms with Gasteiger partial charge in [0.1, 0.15) is 0 Å². The molecule has 10 heavy (non-hydrogen) atoms. The van der Waals surface area contributed by atoms with Crippen LogP contribution in [-0.2, 0) is 0 Å². The van der Waals surface area contributed by atoms with Crippen molar-refractivity contribution in [2.24, 2.45) is 0 Å². The molecule has 0 saturated heterocycles. The van der Waals surface area contributed by atoms with Crippen molar-refractivity contribution in [1.82, 2.24) is 0 Å². The summed E-state index contributed by atoms with van der Waals surface area (Å²) in [6, 6.07) is 8.95. The first-order valence-corrected chi connectivity index (χ1v) is 8.58. The van der Waals surface area contributed by atoms with Gasteiger partial charge in [0.05, 0.1) is 0 Å². The number of hydrogen-bond donors (Lipinski definition) is 0. The highest BCUT2D eigenvalue weighted by Gasteiger charge is 2.17. The topological polar surface area (TPSA) is 0 Å². The van der Waals surface area contributed by atoms with Crippen molar-refractivity contribution in [2.45, 2.75) is 13.1 Å². The average molecular weight is 162 g/mol. The van der Waals surface area contributed by atoms with Gasteiger partial charge in [0.25, 0.3) is 0 Å². The van der Waals surface area contributed by atoms with E-state index >= 15 is 0 Å². The van der Waals surface area contributed by atoms with Crippen LogP contribution in [0.5, 0.6) is 0 Å². The third kappa shape index (κ3) is 0.660. The lowest BCUT2D eigenvalue weighted by molar-refractivity contribution is 1.78. The second-order valence-electron chi connectivity index (χ2n) is 2.80. The SMILES string of the molecule is C[Si]1=[Si](C)c2ccccc21. The lowest BCUT2D eigenvalue weighted by Crippen LogP contribution is -2.55. The van der Waals surface area contributed by atoms with Crippen molar-refractivity contribution in [3.05, 3.63) is 24.3 Å². The van der Waals surface area contributed by atoms with E-state index in [2.05, 4.69) is 37.4 Å². The minimum atomic E-state index is -0.0260. The van der Waals surface area contributed by atoms with Gasteiger partial charge in [0.15, 0.2) is 0 Å². The Hall–Kier alpha value is -0.346. The highest BCUT2D eigenvalue weighted by atomic mass is 28.9. The summed E-state index contributed by atoms with van der Waals surface area (Å²) in [7, 11) is -0.0520. The van der Waals surface area contributed by atoms with Gasteiger partial charge in [-0.25, -0.2) is 0 Å². The maximum absolute atomic E-state index is 2.45. The van der Waals surface area contributed by atoms with Gasteiger partial charge in [-0.1, -0.05) is 37.4 Å². The van der Waals surface area contributed by atoms with Crippen molar-refractivity contribution >= 4 is 26.2 Å². The molecule has 1 aromatic carbocycles. The van der Waals surface area contributed by atoms with E-state index in [4.69, 9.17) is 0 Å². The quantitative estimate of drug-likeness (QED) is 0.486. The Morgan fingerprint density at radius 1 is 0.900 bits per heavy atom. The summed E-state index contributed by atoms with van der Waals surface area (Å²) in [5.74, 6) is 0. The first kappa shape index (κ1) is 6.37. The second-order valence-corrected chi connectivity index (χ2v) is 10.9. The van der Waals surface area contributed by atoms with Crippen LogP contribution in [0, 0.1) is 0 Å². The Labute approximate surface area is 64.1 Å². The second kappa shape index (κ2) is 2.07. The van der Waals surface area contributed by atoms with E-state index in [1.54, 1.807) is 10.4 Å². The molecule has 0 amide bonds. The van der Waals surface area contributed by atoms with E-state index in [9.17, 15) is 0 Å². The van der Waals surface area contributed by atoms with E-state index in [0.717, 1.165) is 0 Å². The van der Waals surface area contributed by atoms with Gasteiger partial charge in [0.2, 0.25) is 0 Å². The Bertz CT molecular complexity index is 282. The summed E-state index contributed by atoms with van der Waals surface area (Å²) in [5.41, 5.74) is 0. The molecule has 2 rings (SSSR count). The maximum atomic E-state index is 2.45. The van der Waals surface area contributed by atoms with Crippen molar-refractivity contribution in [2.75, 3.05) is 0 Å². The van der Waals surface area contributed by atoms with Gasteiger partial charge in [-0.2, -0.15) is 0 Å². The van der Waals surface area contributed by atoms with Crippen LogP contribution in [0.1, 0.15) is 0 Å². The molecule has 0 nitrogen and oxygen atoms in total. The summed E-state index contributed by atoms with van der Waals surface area (Å²) < 4.78 is 0. The Morgan fingerprint density at radius 2 is 1.30 bits per heavy atom. The first-order chi connectivity index (χ1) is 4.80. The fourth-order valence-corrected chi connectivity index (χ4v) is 7.94. The van der Waals surface area contributed by atoms with E-state index in [-0.39, 0.29) is 15.8 Å². The fraction of sp³-hybridized carbons (Fsp3) is 0.250. The third-order valence-electron chi connectivity index (χ3n) is 2.30. The molecule has 0 radical (unpaired) electrons. The summed E-state index contributed by atoms with van der Waals surface area (Å²) >= 11 is 0. The molecule has 0 atom stereocenters. The van der Waals surface area contributed by atoms with E-state index in [1.165, 1.54) is 0 Å². The van der Waals surface area contributed by atoms with Gasteiger partial charge < -0.3 is 0 Å². The highest BCUT2D eigenvalue weighted by Crippen LogP contribution is 1.92. The lowest BCUT2D eigenvalue weighted by Gasteiger charge is -2.21. The minimum absolute atomic E-state index is 0.0260. The van der Waals surface area contributed by atoms with Crippen molar-refractivity contribution in [1.29, 1.82) is 0 Å². The molecule has 0 spiro atoms. The van der Waals surface area contributed by atoms with Crippen molar-refractivity contribution in [3.63, 3.8) is 0 Å². The predicted octanol–water partition coefficient (Wildman–Crippen LogP) is 0.442. The van der Waals surface area contributed by atoms with Crippen LogP contribution >= 0.6 is 0 Å². The maximum Gasteiger partial charge on any atom is 0.0262 e. The summed E-state index contributed by atoms with van der Waals surface area (Å²) in [6.07, 6.45) is 0.